The van der Waals surface area contributed by atoms with Gasteiger partial charge < -0.3 is 24.6 Å². The molecular weight excluding hydrogens is 370 g/mol. The van der Waals surface area contributed by atoms with Gasteiger partial charge in [0.05, 0.1) is 11.0 Å². The molecule has 2 aliphatic carbocycles. The first-order valence-electron chi connectivity index (χ1n) is 10.1. The summed E-state index contributed by atoms with van der Waals surface area (Å²) >= 11 is 0. The smallest absolute Gasteiger partial charge is 0.335 e. The monoisotopic (exact) mass is 395 g/mol. The number of aromatic hydroxyl groups is 1. The number of nitrogens with zero attached hydrogens (tertiary/aromatic N) is 1. The Balaban J connectivity index is 1.63. The number of allylic oxidation sites excluding steroid dienone is 3. The van der Waals surface area contributed by atoms with E-state index in [1.165, 1.54) is 6.08 Å². The molecule has 2 aliphatic heterocycles. The average Bonchev–Trinajstić information content (AvgIpc) is 3.05. The number of phenols is 1. The number of aliphatic hydroxyl groups is 1. The Morgan fingerprint density at radius 3 is 3.00 bits per heavy atom. The molecule has 0 saturated carbocycles. The fourth-order valence-electron chi connectivity index (χ4n) is 5.83. The number of benzene rings is 1. The van der Waals surface area contributed by atoms with Gasteiger partial charge in [0.2, 0.25) is 0 Å². The fourth-order valence-corrected chi connectivity index (χ4v) is 5.83. The highest BCUT2D eigenvalue weighted by Crippen LogP contribution is 2.65. The fraction of sp³-hybridized carbons (Fsp3) is 0.435. The zero-order chi connectivity index (χ0) is 20.4. The minimum atomic E-state index is -1.05. The molecule has 0 amide bonds. The SMILES string of the molecule is C/C=C/C=C/C(=O)OC1=CC[C@@]2(O)[C@@H]3Cc4ccc(O)c5c4[C@@]2(CCN3C)[C@H]1O5. The van der Waals surface area contributed by atoms with Crippen LogP contribution in [0.4, 0.5) is 0 Å². The zero-order valence-electron chi connectivity index (χ0n) is 16.6. The predicted molar refractivity (Wildman–Crippen MR) is 107 cm³/mol. The van der Waals surface area contributed by atoms with Crippen LogP contribution in [0.15, 0.2) is 48.3 Å². The minimum Gasteiger partial charge on any atom is -0.504 e. The molecule has 4 atom stereocenters. The Morgan fingerprint density at radius 1 is 1.38 bits per heavy atom. The highest BCUT2D eigenvalue weighted by atomic mass is 16.6. The molecule has 1 aromatic rings. The number of likely N-dealkylation sites (N-methyl/N-ethyl adjacent to an activating group) is 1. The molecule has 6 nitrogen and oxygen atoms in total. The maximum absolute atomic E-state index is 12.3. The summed E-state index contributed by atoms with van der Waals surface area (Å²) < 4.78 is 11.9. The van der Waals surface area contributed by atoms with Crippen LogP contribution in [-0.2, 0) is 21.4 Å². The van der Waals surface area contributed by atoms with Gasteiger partial charge in [-0.15, -0.1) is 0 Å². The number of hydrogen-bond acceptors (Lipinski definition) is 6. The van der Waals surface area contributed by atoms with Crippen molar-refractivity contribution >= 4 is 5.97 Å². The Labute approximate surface area is 169 Å². The van der Waals surface area contributed by atoms with Crippen LogP contribution in [0.1, 0.15) is 30.9 Å². The van der Waals surface area contributed by atoms with Crippen LogP contribution in [-0.4, -0.2) is 52.4 Å². The van der Waals surface area contributed by atoms with E-state index in [4.69, 9.17) is 9.47 Å². The topological polar surface area (TPSA) is 79.2 Å². The average molecular weight is 395 g/mol. The lowest BCUT2D eigenvalue weighted by Crippen LogP contribution is -2.74. The first-order chi connectivity index (χ1) is 13.9. The summed E-state index contributed by atoms with van der Waals surface area (Å²) in [5.74, 6) is 0.408. The normalized spacial score (nSPS) is 34.8. The van der Waals surface area contributed by atoms with Gasteiger partial charge in [-0.1, -0.05) is 24.3 Å². The lowest BCUT2D eigenvalue weighted by molar-refractivity contribution is -0.168. The molecule has 1 spiro atoms. The molecule has 0 aromatic heterocycles. The van der Waals surface area contributed by atoms with Crippen molar-refractivity contribution in [3.63, 3.8) is 0 Å². The number of ether oxygens (including phenoxy) is 2. The second kappa shape index (κ2) is 6.21. The van der Waals surface area contributed by atoms with E-state index in [0.29, 0.717) is 30.8 Å². The number of rotatable bonds is 3. The van der Waals surface area contributed by atoms with Crippen molar-refractivity contribution in [2.45, 2.75) is 49.3 Å². The lowest BCUT2D eigenvalue weighted by atomic mass is 9.50. The van der Waals surface area contributed by atoms with Gasteiger partial charge in [-0.05, 0) is 51.1 Å². The van der Waals surface area contributed by atoms with Gasteiger partial charge in [0, 0.05) is 24.1 Å². The number of piperidine rings is 1. The van der Waals surface area contributed by atoms with Crippen molar-refractivity contribution in [2.24, 2.45) is 0 Å². The van der Waals surface area contributed by atoms with Crippen molar-refractivity contribution in [1.82, 2.24) is 4.90 Å². The summed E-state index contributed by atoms with van der Waals surface area (Å²) in [6, 6.07) is 3.52. The van der Waals surface area contributed by atoms with Crippen molar-refractivity contribution in [3.05, 3.63) is 59.4 Å². The van der Waals surface area contributed by atoms with Crippen LogP contribution < -0.4 is 4.74 Å². The molecule has 0 radical (unpaired) electrons. The molecule has 2 bridgehead atoms. The van der Waals surface area contributed by atoms with E-state index in [2.05, 4.69) is 4.90 Å². The van der Waals surface area contributed by atoms with E-state index in [1.807, 2.05) is 26.1 Å². The summed E-state index contributed by atoms with van der Waals surface area (Å²) in [7, 11) is 2.04. The first-order valence-corrected chi connectivity index (χ1v) is 10.1. The van der Waals surface area contributed by atoms with Crippen LogP contribution in [0.5, 0.6) is 11.5 Å². The van der Waals surface area contributed by atoms with Crippen LogP contribution in [0.2, 0.25) is 0 Å². The van der Waals surface area contributed by atoms with Gasteiger partial charge >= 0.3 is 5.97 Å². The lowest BCUT2D eigenvalue weighted by Gasteiger charge is -2.61. The quantitative estimate of drug-likeness (QED) is 0.465. The summed E-state index contributed by atoms with van der Waals surface area (Å²) in [5, 5.41) is 22.5. The van der Waals surface area contributed by atoms with Crippen molar-refractivity contribution in [2.75, 3.05) is 13.6 Å². The van der Waals surface area contributed by atoms with E-state index in [1.54, 1.807) is 24.3 Å². The van der Waals surface area contributed by atoms with Gasteiger partial charge in [-0.3, -0.25) is 0 Å². The maximum Gasteiger partial charge on any atom is 0.335 e. The number of carbonyl (C=O) groups is 1. The standard InChI is InChI=1S/C23H25NO5/c1-3-4-5-6-18(26)28-16-9-10-23(27)17-13-14-7-8-15(25)20-19(14)22(23,21(16)29-20)11-12-24(17)2/h3-9,17,21,25,27H,10-13H2,1-2H3/b4-3+,6-5+/t17-,21-,22-,23+/m0/s1. The second-order valence-electron chi connectivity index (χ2n) is 8.41. The summed E-state index contributed by atoms with van der Waals surface area (Å²) in [6.45, 7) is 2.66. The summed E-state index contributed by atoms with van der Waals surface area (Å²) in [6.07, 6.45) is 9.44. The molecule has 1 saturated heterocycles. The minimum absolute atomic E-state index is 0.0610. The van der Waals surface area contributed by atoms with Crippen LogP contribution >= 0.6 is 0 Å². The third-order valence-electron chi connectivity index (χ3n) is 7.11. The van der Waals surface area contributed by atoms with Gasteiger partial charge in [-0.2, -0.15) is 0 Å². The Bertz CT molecular complexity index is 980. The molecule has 6 heteroatoms. The van der Waals surface area contributed by atoms with E-state index >= 15 is 0 Å². The molecule has 0 unspecified atom stereocenters. The van der Waals surface area contributed by atoms with Crippen molar-refractivity contribution in [3.8, 4) is 11.5 Å². The Morgan fingerprint density at radius 2 is 2.21 bits per heavy atom. The number of likely N-dealkylation sites (tertiary alicyclic amines) is 1. The van der Waals surface area contributed by atoms with Crippen LogP contribution in [0.25, 0.3) is 0 Å². The molecule has 1 fully saturated rings. The third-order valence-corrected chi connectivity index (χ3v) is 7.11. The summed E-state index contributed by atoms with van der Waals surface area (Å²) in [5.41, 5.74) is 0.193. The number of carbonyl (C=O) groups excluding carboxylic acids is 1. The number of hydrogen-bond donors (Lipinski definition) is 2. The van der Waals surface area contributed by atoms with Gasteiger partial charge in [0.25, 0.3) is 0 Å². The second-order valence-corrected chi connectivity index (χ2v) is 8.41. The van der Waals surface area contributed by atoms with E-state index in [0.717, 1.165) is 17.7 Å². The van der Waals surface area contributed by atoms with E-state index in [9.17, 15) is 15.0 Å². The Kier molecular flexibility index (Phi) is 3.95. The van der Waals surface area contributed by atoms with Crippen LogP contribution in [0, 0.1) is 0 Å². The van der Waals surface area contributed by atoms with Crippen molar-refractivity contribution < 1.29 is 24.5 Å². The molecule has 152 valence electrons. The van der Waals surface area contributed by atoms with E-state index < -0.39 is 23.1 Å². The van der Waals surface area contributed by atoms with Gasteiger partial charge in [-0.25, -0.2) is 4.79 Å². The molecule has 5 rings (SSSR count). The van der Waals surface area contributed by atoms with Crippen LogP contribution in [0.3, 0.4) is 0 Å². The molecule has 1 aromatic carbocycles. The highest BCUT2D eigenvalue weighted by Gasteiger charge is 2.72. The summed E-state index contributed by atoms with van der Waals surface area (Å²) in [4.78, 5) is 14.5. The highest BCUT2D eigenvalue weighted by molar-refractivity contribution is 5.83. The zero-order valence-corrected chi connectivity index (χ0v) is 16.6. The predicted octanol–water partition coefficient (Wildman–Crippen LogP) is 2.35. The largest absolute Gasteiger partial charge is 0.504 e. The molecule has 2 N–H and O–H groups in total. The third kappa shape index (κ3) is 2.27. The van der Waals surface area contributed by atoms with E-state index in [-0.39, 0.29) is 11.8 Å². The first kappa shape index (κ1) is 18.5. The van der Waals surface area contributed by atoms with Gasteiger partial charge in [0.15, 0.2) is 17.6 Å². The molecule has 29 heavy (non-hydrogen) atoms. The number of phenolic OH excluding ortho intramolecular Hbond substituents is 1. The Hall–Kier alpha value is -2.57. The molecule has 2 heterocycles. The number of esters is 1. The van der Waals surface area contributed by atoms with Crippen molar-refractivity contribution in [1.29, 1.82) is 0 Å². The maximum atomic E-state index is 12.3. The van der Waals surface area contributed by atoms with Gasteiger partial charge in [0.1, 0.15) is 5.76 Å². The molecule has 4 aliphatic rings. The molecular formula is C23H25NO5.